The molecule has 2 aromatic heterocycles. The lowest BCUT2D eigenvalue weighted by Gasteiger charge is -2.34. The molecule has 4 rings (SSSR count). The standard InChI is InChI=1S/C20H18ClF3N6/c1-13-12-16(29-10-8-28(7-6-25)9-11-29)30-19(26-13)17(18(27-30)20(22,23)24)14-2-4-15(21)5-3-14/h2-5,12H,7-11H2,1H3. The highest BCUT2D eigenvalue weighted by atomic mass is 35.5. The summed E-state index contributed by atoms with van der Waals surface area (Å²) in [6, 6.07) is 10.0. The third-order valence-corrected chi connectivity index (χ3v) is 5.34. The van der Waals surface area contributed by atoms with Crippen LogP contribution < -0.4 is 4.90 Å². The smallest absolute Gasteiger partial charge is 0.354 e. The molecule has 0 N–H and O–H groups in total. The lowest BCUT2D eigenvalue weighted by Crippen LogP contribution is -2.47. The molecule has 1 aromatic carbocycles. The molecule has 1 saturated heterocycles. The second-order valence-electron chi connectivity index (χ2n) is 7.14. The quantitative estimate of drug-likeness (QED) is 0.583. The van der Waals surface area contributed by atoms with Crippen LogP contribution >= 0.6 is 11.6 Å². The van der Waals surface area contributed by atoms with Crippen molar-refractivity contribution >= 4 is 23.1 Å². The maximum atomic E-state index is 13.9. The SMILES string of the molecule is Cc1cc(N2CCN(CC#N)CC2)n2nc(C(F)(F)F)c(-c3ccc(Cl)cc3)c2n1. The van der Waals surface area contributed by atoms with Gasteiger partial charge in [0, 0.05) is 43.0 Å². The number of nitriles is 1. The van der Waals surface area contributed by atoms with Gasteiger partial charge >= 0.3 is 6.18 Å². The van der Waals surface area contributed by atoms with Crippen LogP contribution in [0.25, 0.3) is 16.8 Å². The van der Waals surface area contributed by atoms with Gasteiger partial charge in [-0.2, -0.15) is 28.0 Å². The lowest BCUT2D eigenvalue weighted by molar-refractivity contribution is -0.140. The summed E-state index contributed by atoms with van der Waals surface area (Å²) in [5.74, 6) is 0.555. The highest BCUT2D eigenvalue weighted by Gasteiger charge is 2.39. The fourth-order valence-electron chi connectivity index (χ4n) is 3.66. The third kappa shape index (κ3) is 3.80. The second-order valence-corrected chi connectivity index (χ2v) is 7.58. The van der Waals surface area contributed by atoms with Gasteiger partial charge in [-0.15, -0.1) is 0 Å². The highest BCUT2D eigenvalue weighted by molar-refractivity contribution is 6.30. The van der Waals surface area contributed by atoms with E-state index in [-0.39, 0.29) is 11.2 Å². The zero-order valence-corrected chi connectivity index (χ0v) is 16.9. The van der Waals surface area contributed by atoms with Crippen molar-refractivity contribution in [3.05, 3.63) is 46.7 Å². The molecule has 0 radical (unpaired) electrons. The monoisotopic (exact) mass is 434 g/mol. The number of alkyl halides is 3. The van der Waals surface area contributed by atoms with E-state index in [1.807, 2.05) is 9.80 Å². The first-order chi connectivity index (χ1) is 14.3. The van der Waals surface area contributed by atoms with Gasteiger partial charge in [0.05, 0.1) is 18.2 Å². The molecule has 0 bridgehead atoms. The predicted molar refractivity (Wildman–Crippen MR) is 107 cm³/mol. The van der Waals surface area contributed by atoms with Crippen molar-refractivity contribution in [3.63, 3.8) is 0 Å². The Labute approximate surface area is 176 Å². The summed E-state index contributed by atoms with van der Waals surface area (Å²) in [4.78, 5) is 8.38. The van der Waals surface area contributed by atoms with Crippen molar-refractivity contribution in [1.29, 1.82) is 5.26 Å². The number of nitrogens with zero attached hydrogens (tertiary/aromatic N) is 6. The molecule has 1 aliphatic heterocycles. The number of anilines is 1. The summed E-state index contributed by atoms with van der Waals surface area (Å²) in [6.45, 7) is 4.54. The number of piperazine rings is 1. The Morgan fingerprint density at radius 3 is 2.40 bits per heavy atom. The molecular weight excluding hydrogens is 417 g/mol. The zero-order valence-electron chi connectivity index (χ0n) is 16.1. The molecule has 0 saturated carbocycles. The topological polar surface area (TPSA) is 60.5 Å². The first-order valence-corrected chi connectivity index (χ1v) is 9.73. The van der Waals surface area contributed by atoms with Gasteiger partial charge in [0.1, 0.15) is 5.82 Å². The van der Waals surface area contributed by atoms with Crippen molar-refractivity contribution in [2.45, 2.75) is 13.1 Å². The molecule has 3 aromatic rings. The summed E-state index contributed by atoms with van der Waals surface area (Å²) >= 11 is 5.92. The first kappa shape index (κ1) is 20.4. The van der Waals surface area contributed by atoms with Crippen LogP contribution in [0.3, 0.4) is 0 Å². The number of aromatic nitrogens is 3. The zero-order chi connectivity index (χ0) is 21.5. The van der Waals surface area contributed by atoms with Gasteiger partial charge < -0.3 is 4.90 Å². The molecule has 156 valence electrons. The lowest BCUT2D eigenvalue weighted by atomic mass is 10.1. The highest BCUT2D eigenvalue weighted by Crippen LogP contribution is 2.40. The van der Waals surface area contributed by atoms with Gasteiger partial charge in [0.2, 0.25) is 0 Å². The molecular formula is C20H18ClF3N6. The van der Waals surface area contributed by atoms with Crippen molar-refractivity contribution in [3.8, 4) is 17.2 Å². The average molecular weight is 435 g/mol. The van der Waals surface area contributed by atoms with Gasteiger partial charge in [-0.3, -0.25) is 4.90 Å². The number of rotatable bonds is 3. The van der Waals surface area contributed by atoms with E-state index in [1.54, 1.807) is 37.3 Å². The van der Waals surface area contributed by atoms with Gasteiger partial charge in [-0.05, 0) is 24.6 Å². The Kier molecular flexibility index (Phi) is 5.30. The molecule has 30 heavy (non-hydrogen) atoms. The van der Waals surface area contributed by atoms with Gasteiger partial charge in [0.25, 0.3) is 0 Å². The maximum absolute atomic E-state index is 13.9. The van der Waals surface area contributed by atoms with E-state index in [1.165, 1.54) is 4.52 Å². The fourth-order valence-corrected chi connectivity index (χ4v) is 3.79. The molecule has 0 unspecified atom stereocenters. The van der Waals surface area contributed by atoms with Crippen LogP contribution in [0.2, 0.25) is 5.02 Å². The van der Waals surface area contributed by atoms with E-state index < -0.39 is 11.9 Å². The molecule has 6 nitrogen and oxygen atoms in total. The number of halogens is 4. The minimum Gasteiger partial charge on any atom is -0.354 e. The van der Waals surface area contributed by atoms with Crippen molar-refractivity contribution in [1.82, 2.24) is 19.5 Å². The molecule has 1 fully saturated rings. The van der Waals surface area contributed by atoms with Crippen LogP contribution in [0.1, 0.15) is 11.4 Å². The minimum absolute atomic E-state index is 0.0627. The molecule has 10 heteroatoms. The minimum atomic E-state index is -4.64. The van der Waals surface area contributed by atoms with E-state index in [0.717, 1.165) is 0 Å². The molecule has 0 atom stereocenters. The molecule has 0 aliphatic carbocycles. The van der Waals surface area contributed by atoms with Crippen molar-refractivity contribution in [2.24, 2.45) is 0 Å². The van der Waals surface area contributed by atoms with Gasteiger partial charge in [0.15, 0.2) is 11.3 Å². The Morgan fingerprint density at radius 1 is 1.13 bits per heavy atom. The second kappa shape index (κ2) is 7.78. The van der Waals surface area contributed by atoms with Crippen LogP contribution in [-0.4, -0.2) is 52.2 Å². The third-order valence-electron chi connectivity index (χ3n) is 5.09. The maximum Gasteiger partial charge on any atom is 0.435 e. The normalized spacial score (nSPS) is 15.5. The first-order valence-electron chi connectivity index (χ1n) is 9.35. The summed E-state index contributed by atoms with van der Waals surface area (Å²) < 4.78 is 42.9. The Hall–Kier alpha value is -2.83. The average Bonchev–Trinajstić information content (AvgIpc) is 3.09. The van der Waals surface area contributed by atoms with E-state index >= 15 is 0 Å². The largest absolute Gasteiger partial charge is 0.435 e. The summed E-state index contributed by atoms with van der Waals surface area (Å²) in [5, 5.41) is 13.2. The fraction of sp³-hybridized carbons (Fsp3) is 0.350. The Balaban J connectivity index is 1.86. The van der Waals surface area contributed by atoms with Crippen LogP contribution in [0, 0.1) is 18.3 Å². The van der Waals surface area contributed by atoms with Crippen molar-refractivity contribution < 1.29 is 13.2 Å². The molecule has 1 aliphatic rings. The van der Waals surface area contributed by atoms with E-state index in [4.69, 9.17) is 16.9 Å². The summed E-state index contributed by atoms with van der Waals surface area (Å²) in [5.41, 5.74) is 0.0593. The number of fused-ring (bicyclic) bond motifs is 1. The predicted octanol–water partition coefficient (Wildman–Crippen LogP) is 4.02. The molecule has 0 amide bonds. The number of benzene rings is 1. The molecule has 3 heterocycles. The van der Waals surface area contributed by atoms with E-state index in [2.05, 4.69) is 16.2 Å². The van der Waals surface area contributed by atoms with Gasteiger partial charge in [-0.25, -0.2) is 4.98 Å². The van der Waals surface area contributed by atoms with E-state index in [9.17, 15) is 13.2 Å². The summed E-state index contributed by atoms with van der Waals surface area (Å²) in [6.07, 6.45) is -4.64. The van der Waals surface area contributed by atoms with Gasteiger partial charge in [-0.1, -0.05) is 23.7 Å². The van der Waals surface area contributed by atoms with Crippen LogP contribution in [0.4, 0.5) is 19.0 Å². The number of hydrogen-bond donors (Lipinski definition) is 0. The molecule has 0 spiro atoms. The Bertz CT molecular complexity index is 1110. The Morgan fingerprint density at radius 2 is 1.80 bits per heavy atom. The summed E-state index contributed by atoms with van der Waals surface area (Å²) in [7, 11) is 0. The van der Waals surface area contributed by atoms with Crippen LogP contribution in [0.15, 0.2) is 30.3 Å². The van der Waals surface area contributed by atoms with Crippen LogP contribution in [0.5, 0.6) is 0 Å². The number of aryl methyl sites for hydroxylation is 1. The van der Waals surface area contributed by atoms with E-state index in [0.29, 0.717) is 54.8 Å². The van der Waals surface area contributed by atoms with Crippen LogP contribution in [-0.2, 0) is 6.18 Å². The van der Waals surface area contributed by atoms with Crippen molar-refractivity contribution in [2.75, 3.05) is 37.6 Å². The number of hydrogen-bond acceptors (Lipinski definition) is 5.